The smallest absolute Gasteiger partial charge is 0.200 e. The van der Waals surface area contributed by atoms with Crippen LogP contribution in [0.5, 0.6) is 69.0 Å². The summed E-state index contributed by atoms with van der Waals surface area (Å²) >= 11 is 0. The molecule has 376 valence electrons. The van der Waals surface area contributed by atoms with E-state index in [4.69, 9.17) is 0 Å². The minimum atomic E-state index is -1.01. The normalized spacial score (nSPS) is 18.8. The number of benzene rings is 4. The summed E-state index contributed by atoms with van der Waals surface area (Å²) in [5.74, 6) is -14.3. The first kappa shape index (κ1) is 53.4. The molecule has 5 rings (SSSR count). The molecule has 4 unspecified atom stereocenters. The Labute approximate surface area is 403 Å². The Hall–Kier alpha value is -5.52. The summed E-state index contributed by atoms with van der Waals surface area (Å²) in [5.41, 5.74) is 0.779. The van der Waals surface area contributed by atoms with Gasteiger partial charge >= 0.3 is 0 Å². The van der Waals surface area contributed by atoms with Crippen LogP contribution in [0.4, 0.5) is 0 Å². The highest BCUT2D eigenvalue weighted by atomic mass is 16.3. The van der Waals surface area contributed by atoms with Gasteiger partial charge in [-0.1, -0.05) is 132 Å². The molecule has 12 N–H and O–H groups in total. The predicted octanol–water partition coefficient (Wildman–Crippen LogP) is 13.9. The van der Waals surface area contributed by atoms with Crippen LogP contribution in [-0.2, 0) is 0 Å². The van der Waals surface area contributed by atoms with Gasteiger partial charge in [0.15, 0.2) is 46.0 Å². The molecule has 0 amide bonds. The number of phenolic OH excluding ortho intramolecular Hbond substituents is 12. The van der Waals surface area contributed by atoms with E-state index in [1.807, 2.05) is 55.4 Å². The molecule has 0 aromatic heterocycles. The van der Waals surface area contributed by atoms with Gasteiger partial charge in [-0.25, -0.2) is 0 Å². The number of fused-ring (bicyclic) bond motifs is 8. The fourth-order valence-corrected chi connectivity index (χ4v) is 11.6. The molecule has 8 bridgehead atoms. The van der Waals surface area contributed by atoms with E-state index in [9.17, 15) is 61.3 Å². The zero-order valence-electron chi connectivity index (χ0n) is 41.6. The molecule has 0 heterocycles. The topological polar surface area (TPSA) is 243 Å². The molecule has 0 radical (unpaired) electrons. The third-order valence-electron chi connectivity index (χ3n) is 15.6. The highest BCUT2D eigenvalue weighted by Gasteiger charge is 2.42. The van der Waals surface area contributed by atoms with Crippen molar-refractivity contribution in [2.75, 3.05) is 0 Å². The van der Waals surface area contributed by atoms with E-state index in [1.54, 1.807) is 24.3 Å². The largest absolute Gasteiger partial charge is 0.504 e. The molecule has 4 aromatic rings. The van der Waals surface area contributed by atoms with Crippen molar-refractivity contribution in [3.05, 3.63) is 68.8 Å². The Bertz CT molecular complexity index is 1920. The number of hydrogen-bond acceptors (Lipinski definition) is 12. The van der Waals surface area contributed by atoms with E-state index in [-0.39, 0.29) is 68.2 Å². The van der Waals surface area contributed by atoms with Crippen molar-refractivity contribution in [1.29, 1.82) is 0 Å². The Kier molecular flexibility index (Phi) is 18.2. The SMILES string of the molecule is CCCCC(CC)C1c2cc(c(O)c(O)c2O)C(C(CC)CCCC)c2cc(c(O)c(O)c2O)C(C(CC)CCCC)c2cc(c(O)c(O)c2O)C(C(CC)CCCC)c2cc1c(O)c(O)c2O. The lowest BCUT2D eigenvalue weighted by Gasteiger charge is -2.36. The average molecular weight is 945 g/mol. The molecule has 4 aromatic carbocycles. The Morgan fingerprint density at radius 1 is 0.265 bits per heavy atom. The zero-order valence-corrected chi connectivity index (χ0v) is 41.6. The van der Waals surface area contributed by atoms with Gasteiger partial charge < -0.3 is 61.3 Å². The maximum absolute atomic E-state index is 12.2. The van der Waals surface area contributed by atoms with E-state index in [1.165, 1.54) is 0 Å². The number of hydrogen-bond donors (Lipinski definition) is 12. The number of phenols is 12. The third-order valence-corrected chi connectivity index (χ3v) is 15.6. The maximum atomic E-state index is 12.2. The molecule has 12 heteroatoms. The summed E-state index contributed by atoms with van der Waals surface area (Å²) in [6, 6.07) is 6.28. The van der Waals surface area contributed by atoms with Crippen LogP contribution in [0, 0.1) is 23.7 Å². The minimum Gasteiger partial charge on any atom is -0.504 e. The van der Waals surface area contributed by atoms with Crippen molar-refractivity contribution in [3.8, 4) is 69.0 Å². The highest BCUT2D eigenvalue weighted by Crippen LogP contribution is 2.61. The van der Waals surface area contributed by atoms with E-state index in [2.05, 4.69) is 0 Å². The molecule has 0 saturated carbocycles. The Morgan fingerprint density at radius 2 is 0.412 bits per heavy atom. The molecular formula is C56H80O12. The second kappa shape index (κ2) is 23.2. The molecule has 0 fully saturated rings. The summed E-state index contributed by atoms with van der Waals surface area (Å²) in [5, 5.41) is 145. The molecule has 0 aliphatic heterocycles. The summed E-state index contributed by atoms with van der Waals surface area (Å²) in [4.78, 5) is 0. The van der Waals surface area contributed by atoms with Gasteiger partial charge in [-0.05, 0) is 73.6 Å². The van der Waals surface area contributed by atoms with Gasteiger partial charge in [0.2, 0.25) is 23.0 Å². The second-order valence-corrected chi connectivity index (χ2v) is 19.6. The molecule has 12 nitrogen and oxygen atoms in total. The maximum Gasteiger partial charge on any atom is 0.200 e. The fourth-order valence-electron chi connectivity index (χ4n) is 11.6. The van der Waals surface area contributed by atoms with Gasteiger partial charge in [0.25, 0.3) is 0 Å². The first-order valence-electron chi connectivity index (χ1n) is 25.6. The van der Waals surface area contributed by atoms with Gasteiger partial charge in [0.1, 0.15) is 0 Å². The van der Waals surface area contributed by atoms with Gasteiger partial charge in [0, 0.05) is 68.2 Å². The standard InChI is InChI=1S/C56H80O12/c1-9-17-21-29(13-5)41-33-25-35(47(59)53(65)45(33)57)42(30(14-6)22-18-10-2)37-27-39(51(63)55(67)49(37)61)44(32(16-8)24-20-12-4)40-28-38(50(62)56(68)52(40)64)43(31(15-7)23-19-11-3)36-26-34(41)46(58)54(66)48(36)60/h25-32,41-44,57-68H,9-24H2,1-8H3. The fraction of sp³-hybridized carbons (Fsp3) is 0.571. The van der Waals surface area contributed by atoms with E-state index in [0.29, 0.717) is 51.4 Å². The quantitative estimate of drug-likeness (QED) is 0.0370. The van der Waals surface area contributed by atoms with Crippen molar-refractivity contribution in [2.24, 2.45) is 23.7 Å². The van der Waals surface area contributed by atoms with Gasteiger partial charge in [-0.15, -0.1) is 0 Å². The molecule has 68 heavy (non-hydrogen) atoms. The van der Waals surface area contributed by atoms with E-state index < -0.39 is 92.7 Å². The van der Waals surface area contributed by atoms with Gasteiger partial charge in [0.05, 0.1) is 0 Å². The molecule has 0 spiro atoms. The average Bonchev–Trinajstić information content (AvgIpc) is 3.33. The van der Waals surface area contributed by atoms with E-state index in [0.717, 1.165) is 51.4 Å². The van der Waals surface area contributed by atoms with Crippen LogP contribution >= 0.6 is 0 Å². The van der Waals surface area contributed by atoms with Crippen molar-refractivity contribution in [2.45, 2.75) is 182 Å². The molecule has 4 atom stereocenters. The second-order valence-electron chi connectivity index (χ2n) is 19.6. The summed E-state index contributed by atoms with van der Waals surface area (Å²) in [6.45, 7) is 15.9. The number of rotatable bonds is 20. The van der Waals surface area contributed by atoms with Crippen LogP contribution in [0.3, 0.4) is 0 Å². The monoisotopic (exact) mass is 945 g/mol. The number of aromatic hydroxyl groups is 12. The van der Waals surface area contributed by atoms with Crippen LogP contribution in [-0.4, -0.2) is 61.3 Å². The van der Waals surface area contributed by atoms with Crippen molar-refractivity contribution >= 4 is 0 Å². The predicted molar refractivity (Wildman–Crippen MR) is 266 cm³/mol. The summed E-state index contributed by atoms with van der Waals surface area (Å²) in [7, 11) is 0. The minimum absolute atomic E-state index is 0.0974. The van der Waals surface area contributed by atoms with Crippen molar-refractivity contribution in [3.63, 3.8) is 0 Å². The van der Waals surface area contributed by atoms with Gasteiger partial charge in [-0.3, -0.25) is 0 Å². The Balaban J connectivity index is 2.19. The lowest BCUT2D eigenvalue weighted by molar-refractivity contribution is 0.322. The number of unbranched alkanes of at least 4 members (excludes halogenated alkanes) is 4. The summed E-state index contributed by atoms with van der Waals surface area (Å²) < 4.78 is 0. The highest BCUT2D eigenvalue weighted by molar-refractivity contribution is 5.71. The zero-order chi connectivity index (χ0) is 50.3. The first-order valence-corrected chi connectivity index (χ1v) is 25.6. The van der Waals surface area contributed by atoms with Crippen LogP contribution in [0.2, 0.25) is 0 Å². The first-order chi connectivity index (χ1) is 32.5. The Morgan fingerprint density at radius 3 is 0.529 bits per heavy atom. The molecule has 1 aliphatic rings. The molecule has 1 aliphatic carbocycles. The molecular weight excluding hydrogens is 865 g/mol. The summed E-state index contributed by atoms with van der Waals surface area (Å²) in [6.07, 6.45) is 10.3. The van der Waals surface area contributed by atoms with Gasteiger partial charge in [-0.2, -0.15) is 0 Å². The lowest BCUT2D eigenvalue weighted by atomic mass is 9.69. The third kappa shape index (κ3) is 9.97. The van der Waals surface area contributed by atoms with Crippen LogP contribution in [0.15, 0.2) is 24.3 Å². The van der Waals surface area contributed by atoms with Crippen molar-refractivity contribution < 1.29 is 61.3 Å². The van der Waals surface area contributed by atoms with Crippen molar-refractivity contribution in [1.82, 2.24) is 0 Å². The van der Waals surface area contributed by atoms with Crippen LogP contribution in [0.25, 0.3) is 0 Å². The van der Waals surface area contributed by atoms with Crippen LogP contribution in [0.1, 0.15) is 226 Å². The van der Waals surface area contributed by atoms with Crippen LogP contribution < -0.4 is 0 Å². The lowest BCUT2D eigenvalue weighted by Crippen LogP contribution is -2.21. The molecule has 0 saturated heterocycles. The van der Waals surface area contributed by atoms with E-state index >= 15 is 0 Å².